The molecule has 24 heavy (non-hydrogen) atoms. The molecule has 5 heteroatoms. The van der Waals surface area contributed by atoms with Crippen LogP contribution >= 0.6 is 0 Å². The molecule has 1 aliphatic carbocycles. The zero-order valence-corrected chi connectivity index (χ0v) is 14.1. The molecule has 1 aromatic heterocycles. The molecular formula is C19H23FN2O2. The molecule has 1 amide bonds. The fourth-order valence-electron chi connectivity index (χ4n) is 2.87. The molecule has 0 saturated heterocycles. The summed E-state index contributed by atoms with van der Waals surface area (Å²) >= 11 is 0. The Kier molecular flexibility index (Phi) is 5.00. The van der Waals surface area contributed by atoms with Crippen LogP contribution in [0.15, 0.2) is 30.3 Å². The highest BCUT2D eigenvalue weighted by Gasteiger charge is 2.21. The van der Waals surface area contributed by atoms with Crippen LogP contribution in [0.1, 0.15) is 34.6 Å². The summed E-state index contributed by atoms with van der Waals surface area (Å²) in [6.45, 7) is 5.61. The molecule has 1 N–H and O–H groups in total. The van der Waals surface area contributed by atoms with Gasteiger partial charge in [-0.3, -0.25) is 4.79 Å². The average molecular weight is 330 g/mol. The van der Waals surface area contributed by atoms with Gasteiger partial charge in [0.05, 0.1) is 12.2 Å². The summed E-state index contributed by atoms with van der Waals surface area (Å²) in [5.41, 5.74) is 3.03. The molecule has 0 atom stereocenters. The van der Waals surface area contributed by atoms with Gasteiger partial charge in [-0.15, -0.1) is 0 Å². The number of halogens is 1. The van der Waals surface area contributed by atoms with E-state index >= 15 is 0 Å². The second kappa shape index (κ2) is 7.18. The lowest BCUT2D eigenvalue weighted by Gasteiger charge is -2.10. The fourth-order valence-corrected chi connectivity index (χ4v) is 2.87. The van der Waals surface area contributed by atoms with Gasteiger partial charge in [0.15, 0.2) is 0 Å². The van der Waals surface area contributed by atoms with Crippen molar-refractivity contribution < 1.29 is 13.9 Å². The fraction of sp³-hybridized carbons (Fsp3) is 0.421. The number of hydrogen-bond acceptors (Lipinski definition) is 2. The molecular weight excluding hydrogens is 307 g/mol. The van der Waals surface area contributed by atoms with Crippen molar-refractivity contribution in [3.63, 3.8) is 0 Å². The predicted molar refractivity (Wildman–Crippen MR) is 91.1 cm³/mol. The number of nitrogens with one attached hydrogen (secondary N) is 1. The molecule has 0 radical (unpaired) electrons. The summed E-state index contributed by atoms with van der Waals surface area (Å²) in [4.78, 5) is 12.4. The van der Waals surface area contributed by atoms with E-state index in [9.17, 15) is 9.18 Å². The first-order chi connectivity index (χ1) is 11.6. The Labute approximate surface area is 141 Å². The monoisotopic (exact) mass is 330 g/mol. The quantitative estimate of drug-likeness (QED) is 0.791. The molecule has 1 aliphatic rings. The normalized spacial score (nSPS) is 14.0. The van der Waals surface area contributed by atoms with Gasteiger partial charge in [0.25, 0.3) is 5.91 Å². The number of ether oxygens (including phenoxy) is 1. The van der Waals surface area contributed by atoms with Crippen LogP contribution in [0.4, 0.5) is 4.39 Å². The van der Waals surface area contributed by atoms with Gasteiger partial charge in [0.2, 0.25) is 0 Å². The number of carbonyl (C=O) groups is 1. The second-order valence-electron chi connectivity index (χ2n) is 6.37. The van der Waals surface area contributed by atoms with E-state index in [1.165, 1.54) is 25.0 Å². The Morgan fingerprint density at radius 1 is 1.33 bits per heavy atom. The van der Waals surface area contributed by atoms with Crippen molar-refractivity contribution in [2.75, 3.05) is 19.8 Å². The first kappa shape index (κ1) is 16.7. The van der Waals surface area contributed by atoms with Crippen molar-refractivity contribution in [1.82, 2.24) is 9.88 Å². The molecule has 0 aliphatic heterocycles. The Balaban J connectivity index is 1.65. The predicted octanol–water partition coefficient (Wildman–Crippen LogP) is 3.39. The lowest BCUT2D eigenvalue weighted by Crippen LogP contribution is -2.27. The van der Waals surface area contributed by atoms with E-state index in [1.807, 2.05) is 30.5 Å². The SMILES string of the molecule is Cc1cc(C(=O)NCCOCC2CC2)c(C)n1-c1cccc(F)c1. The van der Waals surface area contributed by atoms with E-state index in [2.05, 4.69) is 5.32 Å². The summed E-state index contributed by atoms with van der Waals surface area (Å²) in [5, 5.41) is 2.89. The molecule has 0 spiro atoms. The molecule has 1 saturated carbocycles. The third-order valence-corrected chi connectivity index (χ3v) is 4.32. The standard InChI is InChI=1S/C19H23FN2O2/c1-13-10-18(19(23)21-8-9-24-12-15-6-7-15)14(2)22(13)17-5-3-4-16(20)11-17/h3-5,10-11,15H,6-9,12H2,1-2H3,(H,21,23). The topological polar surface area (TPSA) is 43.3 Å². The summed E-state index contributed by atoms with van der Waals surface area (Å²) in [6.07, 6.45) is 2.52. The average Bonchev–Trinajstić information content (AvgIpc) is 3.31. The third-order valence-electron chi connectivity index (χ3n) is 4.32. The minimum Gasteiger partial charge on any atom is -0.379 e. The van der Waals surface area contributed by atoms with Crippen LogP contribution in [0, 0.1) is 25.6 Å². The number of rotatable bonds is 7. The van der Waals surface area contributed by atoms with E-state index in [0.29, 0.717) is 18.7 Å². The van der Waals surface area contributed by atoms with Crippen LogP contribution in [0.5, 0.6) is 0 Å². The van der Waals surface area contributed by atoms with Crippen LogP contribution in [0.3, 0.4) is 0 Å². The molecule has 1 heterocycles. The van der Waals surface area contributed by atoms with E-state index in [-0.39, 0.29) is 11.7 Å². The number of carbonyl (C=O) groups excluding carboxylic acids is 1. The van der Waals surface area contributed by atoms with Crippen molar-refractivity contribution in [3.05, 3.63) is 53.1 Å². The molecule has 1 fully saturated rings. The lowest BCUT2D eigenvalue weighted by atomic mass is 10.2. The number of amides is 1. The highest BCUT2D eigenvalue weighted by atomic mass is 19.1. The zero-order chi connectivity index (χ0) is 17.1. The Hall–Kier alpha value is -2.14. The Bertz CT molecular complexity index is 735. The van der Waals surface area contributed by atoms with E-state index in [0.717, 1.165) is 29.6 Å². The van der Waals surface area contributed by atoms with Gasteiger partial charge < -0.3 is 14.6 Å². The van der Waals surface area contributed by atoms with Crippen LogP contribution in [-0.2, 0) is 4.74 Å². The molecule has 0 unspecified atom stereocenters. The first-order valence-corrected chi connectivity index (χ1v) is 8.37. The highest BCUT2D eigenvalue weighted by Crippen LogP contribution is 2.28. The largest absolute Gasteiger partial charge is 0.379 e. The minimum atomic E-state index is -0.293. The zero-order valence-electron chi connectivity index (χ0n) is 14.1. The Morgan fingerprint density at radius 2 is 2.12 bits per heavy atom. The molecule has 2 aromatic rings. The number of aryl methyl sites for hydroxylation is 1. The lowest BCUT2D eigenvalue weighted by molar-refractivity contribution is 0.0906. The maximum absolute atomic E-state index is 13.5. The van der Waals surface area contributed by atoms with Crippen molar-refractivity contribution in [2.45, 2.75) is 26.7 Å². The molecule has 1 aromatic carbocycles. The van der Waals surface area contributed by atoms with Gasteiger partial charge in [-0.05, 0) is 56.9 Å². The minimum absolute atomic E-state index is 0.124. The van der Waals surface area contributed by atoms with Crippen molar-refractivity contribution in [2.24, 2.45) is 5.92 Å². The number of nitrogens with zero attached hydrogens (tertiary/aromatic N) is 1. The van der Waals surface area contributed by atoms with Gasteiger partial charge in [-0.2, -0.15) is 0 Å². The number of aromatic nitrogens is 1. The number of benzene rings is 1. The van der Waals surface area contributed by atoms with Crippen LogP contribution in [-0.4, -0.2) is 30.2 Å². The molecule has 4 nitrogen and oxygen atoms in total. The first-order valence-electron chi connectivity index (χ1n) is 8.37. The molecule has 0 bridgehead atoms. The van der Waals surface area contributed by atoms with Gasteiger partial charge in [0.1, 0.15) is 5.82 Å². The smallest absolute Gasteiger partial charge is 0.253 e. The van der Waals surface area contributed by atoms with E-state index in [4.69, 9.17) is 4.74 Å². The van der Waals surface area contributed by atoms with E-state index in [1.54, 1.807) is 6.07 Å². The summed E-state index contributed by atoms with van der Waals surface area (Å²) in [7, 11) is 0. The van der Waals surface area contributed by atoms with Crippen molar-refractivity contribution >= 4 is 5.91 Å². The number of hydrogen-bond donors (Lipinski definition) is 1. The van der Waals surface area contributed by atoms with Gasteiger partial charge in [-0.25, -0.2) is 4.39 Å². The molecule has 3 rings (SSSR count). The van der Waals surface area contributed by atoms with Crippen molar-refractivity contribution in [3.8, 4) is 5.69 Å². The van der Waals surface area contributed by atoms with Crippen molar-refractivity contribution in [1.29, 1.82) is 0 Å². The van der Waals surface area contributed by atoms with Crippen LogP contribution in [0.25, 0.3) is 5.69 Å². The molecule has 128 valence electrons. The summed E-state index contributed by atoms with van der Waals surface area (Å²) < 4.78 is 20.9. The van der Waals surface area contributed by atoms with Gasteiger partial charge >= 0.3 is 0 Å². The van der Waals surface area contributed by atoms with Gasteiger partial charge in [-0.1, -0.05) is 6.07 Å². The highest BCUT2D eigenvalue weighted by molar-refractivity contribution is 5.95. The summed E-state index contributed by atoms with van der Waals surface area (Å²) in [5.74, 6) is 0.311. The summed E-state index contributed by atoms with van der Waals surface area (Å²) in [6, 6.07) is 8.21. The van der Waals surface area contributed by atoms with Gasteiger partial charge in [0, 0.05) is 30.2 Å². The van der Waals surface area contributed by atoms with E-state index < -0.39 is 0 Å². The maximum atomic E-state index is 13.5. The third kappa shape index (κ3) is 3.85. The maximum Gasteiger partial charge on any atom is 0.253 e. The second-order valence-corrected chi connectivity index (χ2v) is 6.37. The van der Waals surface area contributed by atoms with Crippen LogP contribution in [0.2, 0.25) is 0 Å². The van der Waals surface area contributed by atoms with Crippen LogP contribution < -0.4 is 5.32 Å². The Morgan fingerprint density at radius 3 is 2.83 bits per heavy atom.